The topological polar surface area (TPSA) is 69.5 Å². The molecule has 8 heteroatoms. The van der Waals surface area contributed by atoms with Gasteiger partial charge in [-0.25, -0.2) is 0 Å². The largest absolute Gasteiger partial charge is 0.459 e. The van der Waals surface area contributed by atoms with Gasteiger partial charge in [-0.1, -0.05) is 30.9 Å². The molecule has 33 heavy (non-hydrogen) atoms. The maximum absolute atomic E-state index is 12.1. The SMILES string of the molecule is CN(c1ccc(NC(=S)Nc2ccc(NC(=O)c3ccco3)cc2)cc1Cl)C1CCCCC1. The van der Waals surface area contributed by atoms with Crippen LogP contribution in [-0.4, -0.2) is 24.1 Å². The molecule has 0 radical (unpaired) electrons. The minimum atomic E-state index is -0.299. The lowest BCUT2D eigenvalue weighted by molar-refractivity contribution is 0.0996. The molecular formula is C25H27ClN4O2S. The molecule has 1 saturated carbocycles. The number of amides is 1. The zero-order valence-corrected chi connectivity index (χ0v) is 20.0. The van der Waals surface area contributed by atoms with E-state index in [4.69, 9.17) is 28.2 Å². The average Bonchev–Trinajstić information content (AvgIpc) is 3.36. The van der Waals surface area contributed by atoms with E-state index in [1.54, 1.807) is 24.3 Å². The Kier molecular flexibility index (Phi) is 7.52. The summed E-state index contributed by atoms with van der Waals surface area (Å²) in [4.78, 5) is 14.4. The van der Waals surface area contributed by atoms with Crippen LogP contribution in [0.2, 0.25) is 5.02 Å². The van der Waals surface area contributed by atoms with E-state index in [1.165, 1.54) is 38.4 Å². The predicted molar refractivity (Wildman–Crippen MR) is 140 cm³/mol. The lowest BCUT2D eigenvalue weighted by Crippen LogP contribution is -2.33. The first-order valence-corrected chi connectivity index (χ1v) is 11.8. The van der Waals surface area contributed by atoms with Crippen molar-refractivity contribution >= 4 is 57.6 Å². The molecule has 1 fully saturated rings. The highest BCUT2D eigenvalue weighted by atomic mass is 35.5. The van der Waals surface area contributed by atoms with Crippen molar-refractivity contribution in [3.63, 3.8) is 0 Å². The van der Waals surface area contributed by atoms with Gasteiger partial charge >= 0.3 is 0 Å². The summed E-state index contributed by atoms with van der Waals surface area (Å²) in [6.07, 6.45) is 7.78. The van der Waals surface area contributed by atoms with Crippen LogP contribution in [-0.2, 0) is 0 Å². The number of hydrogen-bond acceptors (Lipinski definition) is 4. The number of hydrogen-bond donors (Lipinski definition) is 3. The normalized spacial score (nSPS) is 13.9. The fourth-order valence-electron chi connectivity index (χ4n) is 4.07. The molecule has 172 valence electrons. The number of rotatable bonds is 6. The Morgan fingerprint density at radius 2 is 1.61 bits per heavy atom. The quantitative estimate of drug-likeness (QED) is 0.337. The van der Waals surface area contributed by atoms with Crippen LogP contribution in [0.4, 0.5) is 22.7 Å². The molecular weight excluding hydrogens is 456 g/mol. The number of nitrogens with zero attached hydrogens (tertiary/aromatic N) is 1. The first-order valence-electron chi connectivity index (χ1n) is 11.0. The number of carbonyl (C=O) groups is 1. The standard InChI is InChI=1S/C25H27ClN4O2S/c1-30(20-6-3-2-4-7-20)22-14-13-19(16-21(22)26)29-25(33)28-18-11-9-17(10-12-18)27-24(31)23-8-5-15-32-23/h5,8-16,20H,2-4,6-7H2,1H3,(H,27,31)(H2,28,29,33). The lowest BCUT2D eigenvalue weighted by Gasteiger charge is -2.33. The van der Waals surface area contributed by atoms with Crippen molar-refractivity contribution in [3.05, 3.63) is 71.6 Å². The average molecular weight is 483 g/mol. The molecule has 3 N–H and O–H groups in total. The molecule has 0 saturated heterocycles. The van der Waals surface area contributed by atoms with E-state index in [0.29, 0.717) is 21.9 Å². The van der Waals surface area contributed by atoms with E-state index in [0.717, 1.165) is 17.1 Å². The molecule has 1 aliphatic carbocycles. The van der Waals surface area contributed by atoms with Crippen LogP contribution in [0.25, 0.3) is 0 Å². The summed E-state index contributed by atoms with van der Waals surface area (Å²) in [5.74, 6) is -0.0375. The van der Waals surface area contributed by atoms with Crippen LogP contribution >= 0.6 is 23.8 Å². The summed E-state index contributed by atoms with van der Waals surface area (Å²) in [5, 5.41) is 10.3. The van der Waals surface area contributed by atoms with Crippen molar-refractivity contribution in [2.45, 2.75) is 38.1 Å². The fourth-order valence-corrected chi connectivity index (χ4v) is 4.62. The van der Waals surface area contributed by atoms with Gasteiger partial charge in [-0.3, -0.25) is 4.79 Å². The fraction of sp³-hybridized carbons (Fsp3) is 0.280. The second-order valence-corrected chi connectivity index (χ2v) is 8.97. The zero-order chi connectivity index (χ0) is 23.2. The minimum Gasteiger partial charge on any atom is -0.459 e. The van der Waals surface area contributed by atoms with Crippen LogP contribution in [0.5, 0.6) is 0 Å². The first-order chi connectivity index (χ1) is 16.0. The number of anilines is 4. The molecule has 0 atom stereocenters. The molecule has 0 aliphatic heterocycles. The summed E-state index contributed by atoms with van der Waals surface area (Å²) in [6, 6.07) is 17.0. The summed E-state index contributed by atoms with van der Waals surface area (Å²) >= 11 is 12.0. The number of halogens is 1. The van der Waals surface area contributed by atoms with Gasteiger partial charge in [-0.15, -0.1) is 0 Å². The van der Waals surface area contributed by atoms with Crippen LogP contribution in [0.15, 0.2) is 65.3 Å². The van der Waals surface area contributed by atoms with Gasteiger partial charge in [0, 0.05) is 30.2 Å². The molecule has 2 aromatic carbocycles. The first kappa shape index (κ1) is 23.1. The van der Waals surface area contributed by atoms with E-state index in [-0.39, 0.29) is 11.7 Å². The maximum Gasteiger partial charge on any atom is 0.291 e. The second kappa shape index (κ2) is 10.7. The van der Waals surface area contributed by atoms with E-state index in [1.807, 2.05) is 30.3 Å². The third-order valence-electron chi connectivity index (χ3n) is 5.85. The van der Waals surface area contributed by atoms with Crippen molar-refractivity contribution < 1.29 is 9.21 Å². The molecule has 0 unspecified atom stereocenters. The molecule has 4 rings (SSSR count). The third-order valence-corrected chi connectivity index (χ3v) is 6.36. The summed E-state index contributed by atoms with van der Waals surface area (Å²) < 4.78 is 5.10. The van der Waals surface area contributed by atoms with Crippen molar-refractivity contribution in [1.82, 2.24) is 0 Å². The number of thiocarbonyl (C=S) groups is 1. The lowest BCUT2D eigenvalue weighted by atomic mass is 9.94. The number of carbonyl (C=O) groups excluding carboxylic acids is 1. The van der Waals surface area contributed by atoms with Crippen LogP contribution in [0.1, 0.15) is 42.7 Å². The van der Waals surface area contributed by atoms with Crippen LogP contribution < -0.4 is 20.9 Å². The highest BCUT2D eigenvalue weighted by molar-refractivity contribution is 7.80. The van der Waals surface area contributed by atoms with Gasteiger partial charge < -0.3 is 25.3 Å². The highest BCUT2D eigenvalue weighted by Gasteiger charge is 2.20. The number of furan rings is 1. The summed E-state index contributed by atoms with van der Waals surface area (Å²) in [6.45, 7) is 0. The molecule has 1 amide bonds. The summed E-state index contributed by atoms with van der Waals surface area (Å²) in [5.41, 5.74) is 3.31. The second-order valence-electron chi connectivity index (χ2n) is 8.16. The minimum absolute atomic E-state index is 0.261. The van der Waals surface area contributed by atoms with Gasteiger partial charge in [0.05, 0.1) is 17.0 Å². The molecule has 1 heterocycles. The third kappa shape index (κ3) is 6.06. The Balaban J connectivity index is 1.32. The number of nitrogens with one attached hydrogen (secondary N) is 3. The smallest absolute Gasteiger partial charge is 0.291 e. The van der Waals surface area contributed by atoms with Crippen molar-refractivity contribution in [2.75, 3.05) is 27.9 Å². The summed E-state index contributed by atoms with van der Waals surface area (Å²) in [7, 11) is 2.12. The Morgan fingerprint density at radius 1 is 0.970 bits per heavy atom. The van der Waals surface area contributed by atoms with Gasteiger partial charge in [-0.2, -0.15) is 0 Å². The van der Waals surface area contributed by atoms with Crippen molar-refractivity contribution in [2.24, 2.45) is 0 Å². The molecule has 3 aromatic rings. The molecule has 0 spiro atoms. The van der Waals surface area contributed by atoms with Gasteiger partial charge in [0.1, 0.15) is 0 Å². The van der Waals surface area contributed by atoms with E-state index >= 15 is 0 Å². The van der Waals surface area contributed by atoms with Gasteiger partial charge in [0.25, 0.3) is 5.91 Å². The van der Waals surface area contributed by atoms with Crippen LogP contribution in [0, 0.1) is 0 Å². The Bertz CT molecular complexity index is 1100. The maximum atomic E-state index is 12.1. The van der Waals surface area contributed by atoms with Crippen LogP contribution in [0.3, 0.4) is 0 Å². The Hall–Kier alpha value is -3.03. The molecule has 0 bridgehead atoms. The predicted octanol–water partition coefficient (Wildman–Crippen LogP) is 6.76. The van der Waals surface area contributed by atoms with Gasteiger partial charge in [0.15, 0.2) is 10.9 Å². The Morgan fingerprint density at radius 3 is 2.24 bits per heavy atom. The molecule has 1 aliphatic rings. The van der Waals surface area contributed by atoms with Gasteiger partial charge in [0.2, 0.25) is 0 Å². The molecule has 6 nitrogen and oxygen atoms in total. The zero-order valence-electron chi connectivity index (χ0n) is 18.4. The van der Waals surface area contributed by atoms with Crippen molar-refractivity contribution in [3.8, 4) is 0 Å². The van der Waals surface area contributed by atoms with E-state index < -0.39 is 0 Å². The van der Waals surface area contributed by atoms with Crippen molar-refractivity contribution in [1.29, 1.82) is 0 Å². The van der Waals surface area contributed by atoms with E-state index in [9.17, 15) is 4.79 Å². The molecule has 1 aromatic heterocycles. The number of benzene rings is 2. The Labute approximate surface area is 204 Å². The monoisotopic (exact) mass is 482 g/mol. The highest BCUT2D eigenvalue weighted by Crippen LogP contribution is 2.33. The van der Waals surface area contributed by atoms with E-state index in [2.05, 4.69) is 27.9 Å². The van der Waals surface area contributed by atoms with Gasteiger partial charge in [-0.05, 0) is 79.7 Å².